The molecule has 0 radical (unpaired) electrons. The number of aliphatic hydroxyl groups excluding tert-OH is 1. The molecule has 0 aliphatic rings. The summed E-state index contributed by atoms with van der Waals surface area (Å²) < 4.78 is 4.28. The zero-order chi connectivity index (χ0) is 7.56. The van der Waals surface area contributed by atoms with Crippen LogP contribution in [0, 0.1) is 0 Å². The minimum Gasteiger partial charge on any atom is -0.504 e. The van der Waals surface area contributed by atoms with Gasteiger partial charge < -0.3 is 14.6 Å². The third-order valence-corrected chi connectivity index (χ3v) is 1.08. The van der Waals surface area contributed by atoms with E-state index in [9.17, 15) is 4.79 Å². The van der Waals surface area contributed by atoms with Crippen molar-refractivity contribution in [1.82, 2.24) is 0 Å². The van der Waals surface area contributed by atoms with Crippen LogP contribution in [0.2, 0.25) is 0 Å². The van der Waals surface area contributed by atoms with E-state index in [1.165, 1.54) is 0 Å². The van der Waals surface area contributed by atoms with Crippen LogP contribution in [-0.2, 0) is 6.61 Å². The lowest BCUT2D eigenvalue weighted by atomic mass is 10.3. The molecule has 2 N–H and O–H groups in total. The van der Waals surface area contributed by atoms with Crippen molar-refractivity contribution in [3.8, 4) is 5.75 Å². The number of aliphatic hydroxyl groups is 1. The molecule has 0 bridgehead atoms. The molecule has 0 aliphatic heterocycles. The predicted molar refractivity (Wildman–Crippen MR) is 32.6 cm³/mol. The van der Waals surface area contributed by atoms with Crippen molar-refractivity contribution in [1.29, 1.82) is 0 Å². The molecule has 4 nitrogen and oxygen atoms in total. The first-order chi connectivity index (χ1) is 4.74. The van der Waals surface area contributed by atoms with Crippen molar-refractivity contribution in [2.24, 2.45) is 0 Å². The second kappa shape index (κ2) is 2.53. The molecule has 0 aliphatic carbocycles. The molecular weight excluding hydrogens is 136 g/mol. The van der Waals surface area contributed by atoms with Crippen LogP contribution in [-0.4, -0.2) is 10.2 Å². The van der Waals surface area contributed by atoms with Gasteiger partial charge in [0.25, 0.3) is 0 Å². The van der Waals surface area contributed by atoms with Crippen molar-refractivity contribution in [2.45, 2.75) is 6.61 Å². The molecule has 54 valence electrons. The number of hydrogen-bond acceptors (Lipinski definition) is 4. The van der Waals surface area contributed by atoms with Gasteiger partial charge in [-0.2, -0.15) is 0 Å². The molecule has 0 unspecified atom stereocenters. The maximum Gasteiger partial charge on any atom is 0.336 e. The van der Waals surface area contributed by atoms with Gasteiger partial charge in [-0.1, -0.05) is 0 Å². The highest BCUT2D eigenvalue weighted by Crippen LogP contribution is 2.11. The van der Waals surface area contributed by atoms with Crippen LogP contribution in [0.4, 0.5) is 0 Å². The molecule has 1 aromatic heterocycles. The molecule has 0 atom stereocenters. The quantitative estimate of drug-likeness (QED) is 0.571. The third-order valence-electron chi connectivity index (χ3n) is 1.08. The molecule has 0 saturated heterocycles. The Kier molecular flexibility index (Phi) is 1.73. The van der Waals surface area contributed by atoms with Crippen LogP contribution in [0.5, 0.6) is 5.75 Å². The largest absolute Gasteiger partial charge is 0.504 e. The Bertz CT molecular complexity index is 275. The SMILES string of the molecule is O=c1cc(CO)c(O)co1. The van der Waals surface area contributed by atoms with Gasteiger partial charge in [-0.3, -0.25) is 0 Å². The van der Waals surface area contributed by atoms with Gasteiger partial charge in [0.15, 0.2) is 5.75 Å². The van der Waals surface area contributed by atoms with E-state index in [0.29, 0.717) is 0 Å². The average Bonchev–Trinajstić information content (AvgIpc) is 1.94. The Morgan fingerprint density at radius 2 is 2.30 bits per heavy atom. The van der Waals surface area contributed by atoms with Crippen LogP contribution >= 0.6 is 0 Å². The minimum absolute atomic E-state index is 0.177. The maximum absolute atomic E-state index is 10.4. The van der Waals surface area contributed by atoms with Gasteiger partial charge in [0.2, 0.25) is 0 Å². The molecule has 4 heteroatoms. The minimum atomic E-state index is -0.582. The molecule has 1 heterocycles. The summed E-state index contributed by atoms with van der Waals surface area (Å²) in [5, 5.41) is 17.3. The number of aromatic hydroxyl groups is 1. The highest BCUT2D eigenvalue weighted by Gasteiger charge is 1.99. The summed E-state index contributed by atoms with van der Waals surface area (Å²) in [7, 11) is 0. The summed E-state index contributed by atoms with van der Waals surface area (Å²) in [5.74, 6) is -0.206. The van der Waals surface area contributed by atoms with Crippen LogP contribution in [0.15, 0.2) is 21.5 Å². The summed E-state index contributed by atoms with van der Waals surface area (Å²) in [5.41, 5.74) is -0.405. The molecular formula is C6H6O4. The van der Waals surface area contributed by atoms with Gasteiger partial charge in [0.05, 0.1) is 6.61 Å². The lowest BCUT2D eigenvalue weighted by Gasteiger charge is -1.95. The molecule has 0 fully saturated rings. The highest BCUT2D eigenvalue weighted by molar-refractivity contribution is 5.25. The van der Waals surface area contributed by atoms with Gasteiger partial charge in [-0.25, -0.2) is 4.79 Å². The third kappa shape index (κ3) is 1.16. The van der Waals surface area contributed by atoms with Crippen LogP contribution in [0.25, 0.3) is 0 Å². The summed E-state index contributed by atoms with van der Waals surface area (Å²) in [6.45, 7) is -0.364. The van der Waals surface area contributed by atoms with E-state index < -0.39 is 5.63 Å². The standard InChI is InChI=1S/C6H6O4/c7-2-4-1-6(9)10-3-5(4)8/h1,3,7-8H,2H2. The topological polar surface area (TPSA) is 70.7 Å². The van der Waals surface area contributed by atoms with Gasteiger partial charge >= 0.3 is 5.63 Å². The molecule has 1 rings (SSSR count). The van der Waals surface area contributed by atoms with Gasteiger partial charge in [-0.15, -0.1) is 0 Å². The highest BCUT2D eigenvalue weighted by atomic mass is 16.4. The second-order valence-electron chi connectivity index (χ2n) is 1.77. The fourth-order valence-electron chi connectivity index (χ4n) is 0.566. The zero-order valence-electron chi connectivity index (χ0n) is 5.07. The van der Waals surface area contributed by atoms with Crippen molar-refractivity contribution in [2.75, 3.05) is 0 Å². The van der Waals surface area contributed by atoms with Crippen molar-refractivity contribution in [3.63, 3.8) is 0 Å². The lowest BCUT2D eigenvalue weighted by molar-refractivity contribution is 0.272. The first-order valence-electron chi connectivity index (χ1n) is 2.65. The van der Waals surface area contributed by atoms with Crippen molar-refractivity contribution in [3.05, 3.63) is 28.3 Å². The van der Waals surface area contributed by atoms with Crippen molar-refractivity contribution < 1.29 is 14.6 Å². The number of rotatable bonds is 1. The normalized spacial score (nSPS) is 9.70. The molecule has 0 amide bonds. The fourth-order valence-corrected chi connectivity index (χ4v) is 0.566. The molecule has 1 aromatic rings. The molecule has 0 saturated carbocycles. The second-order valence-corrected chi connectivity index (χ2v) is 1.77. The first kappa shape index (κ1) is 6.82. The van der Waals surface area contributed by atoms with E-state index in [0.717, 1.165) is 12.3 Å². The van der Waals surface area contributed by atoms with E-state index in [1.54, 1.807) is 0 Å². The Balaban J connectivity index is 3.22. The molecule has 0 spiro atoms. The van der Waals surface area contributed by atoms with Gasteiger partial charge in [0.1, 0.15) is 6.26 Å². The summed E-state index contributed by atoms with van der Waals surface area (Å²) in [6, 6.07) is 1.04. The summed E-state index contributed by atoms with van der Waals surface area (Å²) >= 11 is 0. The predicted octanol–water partition coefficient (Wildman–Crippen LogP) is -0.162. The fraction of sp³-hybridized carbons (Fsp3) is 0.167. The van der Waals surface area contributed by atoms with Crippen LogP contribution < -0.4 is 5.63 Å². The Labute approximate surface area is 56.4 Å². The van der Waals surface area contributed by atoms with Crippen LogP contribution in [0.3, 0.4) is 0 Å². The smallest absolute Gasteiger partial charge is 0.336 e. The zero-order valence-corrected chi connectivity index (χ0v) is 5.07. The van der Waals surface area contributed by atoms with Crippen molar-refractivity contribution >= 4 is 0 Å². The summed E-state index contributed by atoms with van der Waals surface area (Å²) in [4.78, 5) is 10.4. The Hall–Kier alpha value is -1.29. The maximum atomic E-state index is 10.4. The van der Waals surface area contributed by atoms with Gasteiger partial charge in [-0.05, 0) is 0 Å². The van der Waals surface area contributed by atoms with E-state index in [1.807, 2.05) is 0 Å². The average molecular weight is 142 g/mol. The van der Waals surface area contributed by atoms with E-state index in [2.05, 4.69) is 4.42 Å². The van der Waals surface area contributed by atoms with E-state index >= 15 is 0 Å². The van der Waals surface area contributed by atoms with Crippen LogP contribution in [0.1, 0.15) is 5.56 Å². The molecule has 10 heavy (non-hydrogen) atoms. The van der Waals surface area contributed by atoms with E-state index in [-0.39, 0.29) is 17.9 Å². The monoisotopic (exact) mass is 142 g/mol. The van der Waals surface area contributed by atoms with E-state index in [4.69, 9.17) is 10.2 Å². The number of hydrogen-bond donors (Lipinski definition) is 2. The first-order valence-corrected chi connectivity index (χ1v) is 2.65. The molecule has 0 aromatic carbocycles. The Morgan fingerprint density at radius 3 is 2.80 bits per heavy atom. The summed E-state index contributed by atoms with van der Waals surface area (Å²) in [6.07, 6.45) is 0.897. The Morgan fingerprint density at radius 1 is 1.60 bits per heavy atom. The van der Waals surface area contributed by atoms with Gasteiger partial charge in [0, 0.05) is 11.6 Å². The lowest BCUT2D eigenvalue weighted by Crippen LogP contribution is -1.98.